The van der Waals surface area contributed by atoms with E-state index < -0.39 is 17.3 Å². The summed E-state index contributed by atoms with van der Waals surface area (Å²) in [6.07, 6.45) is 2.93. The van der Waals surface area contributed by atoms with Crippen LogP contribution in [0, 0.1) is 5.82 Å². The van der Waals surface area contributed by atoms with Crippen molar-refractivity contribution < 1.29 is 14.0 Å². The molecule has 9 heteroatoms. The van der Waals surface area contributed by atoms with Gasteiger partial charge in [0.1, 0.15) is 11.4 Å². The van der Waals surface area contributed by atoms with Crippen molar-refractivity contribution in [3.63, 3.8) is 0 Å². The number of unbranched alkanes of at least 4 members (excludes halogenated alkanes) is 1. The maximum atomic E-state index is 16.0. The van der Waals surface area contributed by atoms with Crippen molar-refractivity contribution in [2.45, 2.75) is 63.1 Å². The molecule has 4 atom stereocenters. The second kappa shape index (κ2) is 9.65. The molecule has 3 aliphatic rings. The minimum atomic E-state index is -1.19. The molecule has 4 heterocycles. The van der Waals surface area contributed by atoms with E-state index in [1.165, 1.54) is 6.07 Å². The molecule has 1 N–H and O–H groups in total. The van der Waals surface area contributed by atoms with E-state index in [4.69, 9.17) is 28.3 Å². The number of rotatable bonds is 6. The number of nitrogens with one attached hydrogen (secondary N) is 1. The molecule has 3 aliphatic heterocycles. The van der Waals surface area contributed by atoms with Crippen LogP contribution in [0.5, 0.6) is 0 Å². The third-order valence-electron chi connectivity index (χ3n) is 9.25. The quantitative estimate of drug-likeness (QED) is 0.239. The molecule has 1 aromatic heterocycles. The van der Waals surface area contributed by atoms with Gasteiger partial charge in [0.15, 0.2) is 5.78 Å². The molecule has 3 aromatic carbocycles. The molecule has 0 bridgehead atoms. The number of likely N-dealkylation sites (tertiary alicyclic amines) is 1. The van der Waals surface area contributed by atoms with Gasteiger partial charge in [0, 0.05) is 57.7 Å². The number of aromatic nitrogens is 2. The molecular formula is C32H29Cl2FN4O2. The first-order chi connectivity index (χ1) is 19.8. The average Bonchev–Trinajstić information content (AvgIpc) is 3.65. The monoisotopic (exact) mass is 590 g/mol. The van der Waals surface area contributed by atoms with Crippen LogP contribution in [0.15, 0.2) is 54.6 Å². The summed E-state index contributed by atoms with van der Waals surface area (Å²) in [7, 11) is 0. The molecule has 1 spiro atoms. The van der Waals surface area contributed by atoms with Gasteiger partial charge in [-0.1, -0.05) is 73.8 Å². The zero-order valence-corrected chi connectivity index (χ0v) is 24.3. The molecule has 210 valence electrons. The van der Waals surface area contributed by atoms with E-state index in [1.54, 1.807) is 24.3 Å². The van der Waals surface area contributed by atoms with Crippen LogP contribution in [0.4, 0.5) is 10.1 Å². The first kappa shape index (κ1) is 26.6. The summed E-state index contributed by atoms with van der Waals surface area (Å²) >= 11 is 12.7. The number of hydrogen-bond acceptors (Lipinski definition) is 4. The van der Waals surface area contributed by atoms with Crippen molar-refractivity contribution in [2.75, 3.05) is 11.9 Å². The Morgan fingerprint density at radius 2 is 1.98 bits per heavy atom. The van der Waals surface area contributed by atoms with Crippen molar-refractivity contribution >= 4 is 51.5 Å². The van der Waals surface area contributed by atoms with E-state index in [0.717, 1.165) is 35.0 Å². The predicted molar refractivity (Wildman–Crippen MR) is 158 cm³/mol. The molecule has 1 saturated heterocycles. The summed E-state index contributed by atoms with van der Waals surface area (Å²) in [5, 5.41) is 9.59. The molecule has 7 rings (SSSR count). The second-order valence-corrected chi connectivity index (χ2v) is 12.1. The van der Waals surface area contributed by atoms with Crippen LogP contribution in [-0.4, -0.2) is 39.0 Å². The lowest BCUT2D eigenvalue weighted by Crippen LogP contribution is -2.52. The number of likely N-dealkylation sites (N-methyl/N-ethyl adjacent to an activating group) is 1. The second-order valence-electron chi connectivity index (χ2n) is 11.2. The summed E-state index contributed by atoms with van der Waals surface area (Å²) in [5.41, 5.74) is 3.01. The van der Waals surface area contributed by atoms with Crippen LogP contribution in [-0.2, 0) is 16.8 Å². The Hall–Kier alpha value is -3.26. The fourth-order valence-electron chi connectivity index (χ4n) is 7.63. The fourth-order valence-corrected chi connectivity index (χ4v) is 7.98. The minimum Gasteiger partial charge on any atom is -0.324 e. The van der Waals surface area contributed by atoms with Gasteiger partial charge in [0.25, 0.3) is 0 Å². The molecule has 1 fully saturated rings. The van der Waals surface area contributed by atoms with Gasteiger partial charge >= 0.3 is 0 Å². The number of hydrogen-bond donors (Lipinski definition) is 1. The highest BCUT2D eigenvalue weighted by Gasteiger charge is 2.69. The summed E-state index contributed by atoms with van der Waals surface area (Å²) in [5.74, 6) is -1.26. The van der Waals surface area contributed by atoms with Gasteiger partial charge in [-0.3, -0.25) is 19.2 Å². The van der Waals surface area contributed by atoms with Crippen LogP contribution < -0.4 is 5.32 Å². The molecule has 6 nitrogen and oxygen atoms in total. The Morgan fingerprint density at radius 3 is 2.76 bits per heavy atom. The SMILES string of the molecule is CCCCC(=O)c1ccc2c3n(nc2c1)[C@@H]1[C@H](C3)N(CC)[C@@]2(C(=O)Nc3cc(Cl)ccc32)[C@H]1c1cccc(Cl)c1F. The molecule has 1 amide bonds. The lowest BCUT2D eigenvalue weighted by Gasteiger charge is -2.39. The smallest absolute Gasteiger partial charge is 0.250 e. The van der Waals surface area contributed by atoms with E-state index >= 15 is 4.39 Å². The largest absolute Gasteiger partial charge is 0.324 e. The topological polar surface area (TPSA) is 67.2 Å². The number of benzene rings is 3. The van der Waals surface area contributed by atoms with Crippen LogP contribution in [0.3, 0.4) is 0 Å². The number of halogens is 3. The molecule has 0 unspecified atom stereocenters. The first-order valence-corrected chi connectivity index (χ1v) is 14.9. The maximum Gasteiger partial charge on any atom is 0.250 e. The molecule has 41 heavy (non-hydrogen) atoms. The van der Waals surface area contributed by atoms with Crippen LogP contribution >= 0.6 is 23.2 Å². The third kappa shape index (κ3) is 3.62. The highest BCUT2D eigenvalue weighted by molar-refractivity contribution is 6.31. The number of carbonyl (C=O) groups excluding carboxylic acids is 2. The van der Waals surface area contributed by atoms with E-state index in [2.05, 4.69) is 17.1 Å². The van der Waals surface area contributed by atoms with Gasteiger partial charge in [-0.25, -0.2) is 4.39 Å². The van der Waals surface area contributed by atoms with E-state index in [1.807, 2.05) is 35.9 Å². The van der Waals surface area contributed by atoms with Gasteiger partial charge in [0.05, 0.1) is 16.6 Å². The average molecular weight is 592 g/mol. The molecule has 0 aliphatic carbocycles. The van der Waals surface area contributed by atoms with E-state index in [-0.39, 0.29) is 28.8 Å². The van der Waals surface area contributed by atoms with Crippen molar-refractivity contribution in [1.29, 1.82) is 0 Å². The number of amides is 1. The van der Waals surface area contributed by atoms with Crippen molar-refractivity contribution in [3.05, 3.63) is 92.8 Å². The number of fused-ring (bicyclic) bond motifs is 7. The highest BCUT2D eigenvalue weighted by atomic mass is 35.5. The van der Waals surface area contributed by atoms with E-state index in [9.17, 15) is 9.59 Å². The molecular weight excluding hydrogens is 562 g/mol. The Kier molecular flexibility index (Phi) is 6.27. The standard InChI is InChI=1S/C32H29Cl2FN4O2/c1-3-5-9-27(40)17-10-12-19-23(14-17)37-39-25(19)16-26-30(39)28(20-7-6-8-22(34)29(20)35)32(38(26)4-2)21-13-11-18(33)15-24(21)36-31(32)41/h6-8,10-15,26,28,30H,3-5,9,16H2,1-2H3,(H,36,41)/t26-,28-,30+,32+/m0/s1. The Morgan fingerprint density at radius 1 is 1.15 bits per heavy atom. The fraction of sp³-hybridized carbons (Fsp3) is 0.344. The number of ketones is 1. The molecule has 0 saturated carbocycles. The summed E-state index contributed by atoms with van der Waals surface area (Å²) in [4.78, 5) is 29.2. The minimum absolute atomic E-state index is 0.0120. The predicted octanol–water partition coefficient (Wildman–Crippen LogP) is 7.29. The Labute approximate surface area is 247 Å². The van der Waals surface area contributed by atoms with Crippen LogP contribution in [0.1, 0.15) is 72.2 Å². The third-order valence-corrected chi connectivity index (χ3v) is 9.77. The van der Waals surface area contributed by atoms with Crippen LogP contribution in [0.2, 0.25) is 10.0 Å². The van der Waals surface area contributed by atoms with Crippen LogP contribution in [0.25, 0.3) is 10.9 Å². The zero-order valence-electron chi connectivity index (χ0n) is 22.8. The highest BCUT2D eigenvalue weighted by Crippen LogP contribution is 2.63. The Balaban J connectivity index is 1.45. The number of nitrogens with zero attached hydrogens (tertiary/aromatic N) is 3. The lowest BCUT2D eigenvalue weighted by atomic mass is 9.73. The van der Waals surface area contributed by atoms with E-state index in [0.29, 0.717) is 41.2 Å². The Bertz CT molecular complexity index is 1750. The van der Waals surface area contributed by atoms with Crippen molar-refractivity contribution in [1.82, 2.24) is 14.7 Å². The summed E-state index contributed by atoms with van der Waals surface area (Å²) in [6, 6.07) is 15.7. The van der Waals surface area contributed by atoms with Gasteiger partial charge in [-0.05, 0) is 42.8 Å². The molecule has 4 aromatic rings. The van der Waals surface area contributed by atoms with Gasteiger partial charge in [0.2, 0.25) is 5.91 Å². The van der Waals surface area contributed by atoms with Gasteiger partial charge < -0.3 is 5.32 Å². The van der Waals surface area contributed by atoms with Gasteiger partial charge in [-0.15, -0.1) is 0 Å². The van der Waals surface area contributed by atoms with Crippen molar-refractivity contribution in [3.8, 4) is 0 Å². The number of carbonyl (C=O) groups is 2. The summed E-state index contributed by atoms with van der Waals surface area (Å²) in [6.45, 7) is 4.66. The lowest BCUT2D eigenvalue weighted by molar-refractivity contribution is -0.127. The van der Waals surface area contributed by atoms with Gasteiger partial charge in [-0.2, -0.15) is 5.10 Å². The summed E-state index contributed by atoms with van der Waals surface area (Å²) < 4.78 is 18.0. The zero-order chi connectivity index (χ0) is 28.6. The maximum absolute atomic E-state index is 16.0. The molecule has 0 radical (unpaired) electrons. The van der Waals surface area contributed by atoms with Crippen molar-refractivity contribution in [2.24, 2.45) is 0 Å². The number of anilines is 1. The first-order valence-electron chi connectivity index (χ1n) is 14.2. The normalized spacial score (nSPS) is 24.6. The number of Topliss-reactive ketones (excluding diaryl/α,β-unsaturated/α-hetero) is 1.